The van der Waals surface area contributed by atoms with Crippen molar-refractivity contribution in [3.05, 3.63) is 29.8 Å². The molecule has 0 aliphatic rings. The van der Waals surface area contributed by atoms with Crippen molar-refractivity contribution in [3.63, 3.8) is 0 Å². The Morgan fingerprint density at radius 3 is 2.45 bits per heavy atom. The molecule has 0 fully saturated rings. The minimum Gasteiger partial charge on any atom is -0.396 e. The number of nitrogens with two attached hydrogens (primary N) is 1. The molecular weight excluding hydrogens is 389 g/mol. The number of anilines is 1. The summed E-state index contributed by atoms with van der Waals surface area (Å²) in [5, 5.41) is 12.7. The summed E-state index contributed by atoms with van der Waals surface area (Å²) >= 11 is 0. The van der Waals surface area contributed by atoms with Crippen LogP contribution in [0.25, 0.3) is 0 Å². The van der Waals surface area contributed by atoms with E-state index in [9.17, 15) is 5.11 Å². The van der Waals surface area contributed by atoms with Gasteiger partial charge in [0, 0.05) is 11.1 Å². The fraction of sp³-hybridized carbons (Fsp3) is 0.588. The van der Waals surface area contributed by atoms with Crippen LogP contribution < -0.4 is 11.1 Å². The van der Waals surface area contributed by atoms with Gasteiger partial charge in [0.15, 0.2) is 5.96 Å². The molecule has 0 amide bonds. The fourth-order valence-corrected chi connectivity index (χ4v) is 2.16. The molecule has 1 rings (SSSR count). The third kappa shape index (κ3) is 6.12. The molecule has 0 bridgehead atoms. The number of aliphatic imine (C=N–C) groups is 1. The van der Waals surface area contributed by atoms with Crippen molar-refractivity contribution in [2.24, 2.45) is 16.1 Å². The lowest BCUT2D eigenvalue weighted by molar-refractivity contribution is 0.123. The quantitative estimate of drug-likeness (QED) is 0.356. The fourth-order valence-electron chi connectivity index (χ4n) is 2.16. The van der Waals surface area contributed by atoms with Gasteiger partial charge in [-0.25, -0.2) is 0 Å². The Kier molecular flexibility index (Phi) is 9.67. The summed E-state index contributed by atoms with van der Waals surface area (Å²) in [7, 11) is 0. The molecule has 0 saturated heterocycles. The van der Waals surface area contributed by atoms with Gasteiger partial charge < -0.3 is 16.2 Å². The number of hydrogen-bond acceptors (Lipinski definition) is 2. The predicted molar refractivity (Wildman–Crippen MR) is 106 cm³/mol. The zero-order valence-corrected chi connectivity index (χ0v) is 16.4. The highest BCUT2D eigenvalue weighted by molar-refractivity contribution is 14.0. The van der Waals surface area contributed by atoms with Gasteiger partial charge in [0.25, 0.3) is 0 Å². The molecule has 1 aromatic carbocycles. The number of benzene rings is 1. The highest BCUT2D eigenvalue weighted by atomic mass is 127. The van der Waals surface area contributed by atoms with E-state index in [-0.39, 0.29) is 36.0 Å². The number of hydrogen-bond donors (Lipinski definition) is 3. The maximum absolute atomic E-state index is 9.55. The zero-order chi connectivity index (χ0) is 15.9. The van der Waals surface area contributed by atoms with Crippen molar-refractivity contribution in [2.45, 2.75) is 46.5 Å². The van der Waals surface area contributed by atoms with Crippen molar-refractivity contribution in [3.8, 4) is 0 Å². The number of aliphatic hydroxyl groups excluding tert-OH is 1. The minimum atomic E-state index is -0.161. The average Bonchev–Trinajstić information content (AvgIpc) is 2.49. The van der Waals surface area contributed by atoms with Gasteiger partial charge in [0.2, 0.25) is 0 Å². The molecule has 0 atom stereocenters. The first-order valence-corrected chi connectivity index (χ1v) is 7.74. The zero-order valence-electron chi connectivity index (χ0n) is 14.1. The Morgan fingerprint density at radius 2 is 1.95 bits per heavy atom. The standard InChI is InChI=1S/C17H29N3O.HI/c1-5-17(6-2,12-21)11-19-16(18)20-15-9-7-8-14(10-15)13(3)4;/h7-10,13,21H,5-6,11-12H2,1-4H3,(H3,18,19,20);1H. The van der Waals surface area contributed by atoms with Gasteiger partial charge in [-0.2, -0.15) is 0 Å². The van der Waals surface area contributed by atoms with E-state index in [4.69, 9.17) is 5.73 Å². The van der Waals surface area contributed by atoms with Crippen molar-refractivity contribution in [1.29, 1.82) is 0 Å². The molecule has 0 unspecified atom stereocenters. The molecule has 1 aromatic rings. The molecule has 4 N–H and O–H groups in total. The first-order valence-electron chi connectivity index (χ1n) is 7.74. The van der Waals surface area contributed by atoms with Gasteiger partial charge in [-0.1, -0.05) is 39.8 Å². The Labute approximate surface area is 151 Å². The highest BCUT2D eigenvalue weighted by Crippen LogP contribution is 2.26. The van der Waals surface area contributed by atoms with Crippen LogP contribution in [0.1, 0.15) is 52.0 Å². The maximum atomic E-state index is 9.55. The van der Waals surface area contributed by atoms with E-state index in [1.165, 1.54) is 5.56 Å². The van der Waals surface area contributed by atoms with Gasteiger partial charge in [0.05, 0.1) is 13.2 Å². The van der Waals surface area contributed by atoms with Crippen LogP contribution in [-0.4, -0.2) is 24.2 Å². The second kappa shape index (κ2) is 10.0. The van der Waals surface area contributed by atoms with Crippen LogP contribution in [0.3, 0.4) is 0 Å². The van der Waals surface area contributed by atoms with Crippen molar-refractivity contribution in [1.82, 2.24) is 0 Å². The van der Waals surface area contributed by atoms with E-state index >= 15 is 0 Å². The van der Waals surface area contributed by atoms with E-state index in [1.54, 1.807) is 0 Å². The van der Waals surface area contributed by atoms with E-state index < -0.39 is 0 Å². The van der Waals surface area contributed by atoms with Crippen LogP contribution in [0.2, 0.25) is 0 Å². The summed E-state index contributed by atoms with van der Waals surface area (Å²) < 4.78 is 0. The molecule has 0 aliphatic heterocycles. The van der Waals surface area contributed by atoms with Crippen LogP contribution in [0, 0.1) is 5.41 Å². The largest absolute Gasteiger partial charge is 0.396 e. The first-order chi connectivity index (χ1) is 9.96. The average molecular weight is 419 g/mol. The van der Waals surface area contributed by atoms with Crippen LogP contribution in [0.15, 0.2) is 29.3 Å². The van der Waals surface area contributed by atoms with Crippen molar-refractivity contribution < 1.29 is 5.11 Å². The Hall–Kier alpha value is -0.820. The molecule has 22 heavy (non-hydrogen) atoms. The monoisotopic (exact) mass is 419 g/mol. The molecule has 126 valence electrons. The number of rotatable bonds is 7. The van der Waals surface area contributed by atoms with E-state index in [1.807, 2.05) is 12.1 Å². The van der Waals surface area contributed by atoms with Crippen LogP contribution in [-0.2, 0) is 0 Å². The highest BCUT2D eigenvalue weighted by Gasteiger charge is 2.24. The summed E-state index contributed by atoms with van der Waals surface area (Å²) in [6.45, 7) is 9.15. The molecular formula is C17H30IN3O. The summed E-state index contributed by atoms with van der Waals surface area (Å²) in [5.41, 5.74) is 8.01. The van der Waals surface area contributed by atoms with Crippen molar-refractivity contribution >= 4 is 35.6 Å². The summed E-state index contributed by atoms with van der Waals surface area (Å²) in [6, 6.07) is 8.19. The van der Waals surface area contributed by atoms with Gasteiger partial charge in [-0.15, -0.1) is 24.0 Å². The summed E-state index contributed by atoms with van der Waals surface area (Å²) in [6.07, 6.45) is 1.78. The number of aliphatic hydroxyl groups is 1. The molecule has 4 nitrogen and oxygen atoms in total. The van der Waals surface area contributed by atoms with Crippen LogP contribution >= 0.6 is 24.0 Å². The lowest BCUT2D eigenvalue weighted by Gasteiger charge is -2.27. The number of nitrogens with one attached hydrogen (secondary N) is 1. The Balaban J connectivity index is 0.00000441. The molecule has 0 spiro atoms. The maximum Gasteiger partial charge on any atom is 0.193 e. The van der Waals surface area contributed by atoms with Crippen LogP contribution in [0.5, 0.6) is 0 Å². The topological polar surface area (TPSA) is 70.6 Å². The second-order valence-electron chi connectivity index (χ2n) is 5.97. The Bertz CT molecular complexity index is 462. The van der Waals surface area contributed by atoms with Gasteiger partial charge in [-0.3, -0.25) is 4.99 Å². The van der Waals surface area contributed by atoms with E-state index in [0.29, 0.717) is 18.4 Å². The van der Waals surface area contributed by atoms with Crippen molar-refractivity contribution in [2.75, 3.05) is 18.5 Å². The lowest BCUT2D eigenvalue weighted by Crippen LogP contribution is -2.30. The number of nitrogens with zero attached hydrogens (tertiary/aromatic N) is 1. The smallest absolute Gasteiger partial charge is 0.193 e. The molecule has 0 aromatic heterocycles. The normalized spacial score (nSPS) is 12.2. The molecule has 0 saturated carbocycles. The molecule has 5 heteroatoms. The van der Waals surface area contributed by atoms with Gasteiger partial charge >= 0.3 is 0 Å². The molecule has 0 heterocycles. The van der Waals surface area contributed by atoms with E-state index in [2.05, 4.69) is 50.1 Å². The summed E-state index contributed by atoms with van der Waals surface area (Å²) in [5.74, 6) is 0.878. The first kappa shape index (κ1) is 21.2. The molecule has 0 aliphatic carbocycles. The SMILES string of the molecule is CCC(CC)(CO)CN=C(N)Nc1cccc(C(C)C)c1.I. The number of halogens is 1. The minimum absolute atomic E-state index is 0. The molecule has 0 radical (unpaired) electrons. The summed E-state index contributed by atoms with van der Waals surface area (Å²) in [4.78, 5) is 4.40. The van der Waals surface area contributed by atoms with E-state index in [0.717, 1.165) is 18.5 Å². The van der Waals surface area contributed by atoms with Crippen LogP contribution in [0.4, 0.5) is 5.69 Å². The van der Waals surface area contributed by atoms with Gasteiger partial charge in [-0.05, 0) is 36.5 Å². The lowest BCUT2D eigenvalue weighted by atomic mass is 9.83. The second-order valence-corrected chi connectivity index (χ2v) is 5.97. The predicted octanol–water partition coefficient (Wildman–Crippen LogP) is 3.95. The van der Waals surface area contributed by atoms with Gasteiger partial charge in [0.1, 0.15) is 0 Å². The third-order valence-electron chi connectivity index (χ3n) is 4.25. The third-order valence-corrected chi connectivity index (χ3v) is 4.25. The Morgan fingerprint density at radius 1 is 1.32 bits per heavy atom. The number of guanidine groups is 1.